The zero-order chi connectivity index (χ0) is 19.7. The molecule has 1 unspecified atom stereocenters. The second kappa shape index (κ2) is 8.03. The van der Waals surface area contributed by atoms with E-state index >= 15 is 0 Å². The molecular weight excluding hydrogens is 381 g/mol. The summed E-state index contributed by atoms with van der Waals surface area (Å²) >= 11 is 1.47. The quantitative estimate of drug-likeness (QED) is 0.735. The summed E-state index contributed by atoms with van der Waals surface area (Å²) in [5.74, 6) is -0.430. The zero-order valence-corrected chi connectivity index (χ0v) is 16.7. The molecule has 0 radical (unpaired) electrons. The van der Waals surface area contributed by atoms with Crippen molar-refractivity contribution in [2.45, 2.75) is 25.7 Å². The first kappa shape index (κ1) is 19.1. The lowest BCUT2D eigenvalue weighted by atomic mass is 9.93. The summed E-state index contributed by atoms with van der Waals surface area (Å²) < 4.78 is 19.1. The largest absolute Gasteiger partial charge is 0.469 e. The van der Waals surface area contributed by atoms with Crippen LogP contribution in [0.4, 0.5) is 9.52 Å². The number of halogens is 1. The van der Waals surface area contributed by atoms with Gasteiger partial charge in [-0.3, -0.25) is 9.59 Å². The number of hydrogen-bond donors (Lipinski definition) is 0. The van der Waals surface area contributed by atoms with Gasteiger partial charge in [0.1, 0.15) is 5.82 Å². The van der Waals surface area contributed by atoms with Gasteiger partial charge >= 0.3 is 5.97 Å². The molecule has 1 aromatic heterocycles. The number of likely N-dealkylation sites (tertiary alicyclic amines) is 1. The highest BCUT2D eigenvalue weighted by Gasteiger charge is 2.34. The molecule has 2 fully saturated rings. The Bertz CT molecular complexity index is 879. The van der Waals surface area contributed by atoms with Crippen LogP contribution in [0.25, 0.3) is 10.2 Å². The van der Waals surface area contributed by atoms with Crippen LogP contribution in [0.5, 0.6) is 0 Å². The average Bonchev–Trinajstić information content (AvgIpc) is 3.16. The maximum absolute atomic E-state index is 13.4. The van der Waals surface area contributed by atoms with Crippen LogP contribution in [0.2, 0.25) is 0 Å². The SMILES string of the molecule is COC(=O)C1CCN(C(=O)C2CCCN(c3nc4ccc(F)cc4s3)C2)CC1. The normalized spacial score (nSPS) is 21.1. The molecule has 6 nitrogen and oxygen atoms in total. The number of anilines is 1. The number of aromatic nitrogens is 1. The molecule has 3 heterocycles. The van der Waals surface area contributed by atoms with Gasteiger partial charge in [-0.2, -0.15) is 0 Å². The molecule has 28 heavy (non-hydrogen) atoms. The van der Waals surface area contributed by atoms with Crippen molar-refractivity contribution in [2.24, 2.45) is 11.8 Å². The van der Waals surface area contributed by atoms with Gasteiger partial charge in [-0.1, -0.05) is 11.3 Å². The van der Waals surface area contributed by atoms with Gasteiger partial charge in [0.25, 0.3) is 0 Å². The van der Waals surface area contributed by atoms with Crippen LogP contribution in [-0.2, 0) is 14.3 Å². The lowest BCUT2D eigenvalue weighted by molar-refractivity contribution is -0.149. The Morgan fingerprint density at radius 3 is 2.71 bits per heavy atom. The second-order valence-electron chi connectivity index (χ2n) is 7.52. The van der Waals surface area contributed by atoms with Crippen molar-refractivity contribution in [2.75, 3.05) is 38.2 Å². The van der Waals surface area contributed by atoms with Crippen LogP contribution in [0.1, 0.15) is 25.7 Å². The van der Waals surface area contributed by atoms with Crippen LogP contribution in [0.15, 0.2) is 18.2 Å². The Kier molecular flexibility index (Phi) is 5.48. The third kappa shape index (κ3) is 3.83. The Balaban J connectivity index is 1.40. The van der Waals surface area contributed by atoms with Crippen molar-refractivity contribution >= 4 is 38.6 Å². The van der Waals surface area contributed by atoms with E-state index in [2.05, 4.69) is 9.88 Å². The molecule has 150 valence electrons. The van der Waals surface area contributed by atoms with Crippen molar-refractivity contribution < 1.29 is 18.7 Å². The number of piperidine rings is 2. The Labute approximate surface area is 167 Å². The van der Waals surface area contributed by atoms with Gasteiger partial charge in [0.05, 0.1) is 29.2 Å². The lowest BCUT2D eigenvalue weighted by Crippen LogP contribution is -2.48. The van der Waals surface area contributed by atoms with Gasteiger partial charge in [-0.15, -0.1) is 0 Å². The first-order valence-electron chi connectivity index (χ1n) is 9.73. The van der Waals surface area contributed by atoms with Crippen molar-refractivity contribution in [3.8, 4) is 0 Å². The zero-order valence-electron chi connectivity index (χ0n) is 15.9. The van der Waals surface area contributed by atoms with Crippen LogP contribution < -0.4 is 4.90 Å². The van der Waals surface area contributed by atoms with Gasteiger partial charge in [0.2, 0.25) is 5.91 Å². The van der Waals surface area contributed by atoms with Crippen LogP contribution in [0.3, 0.4) is 0 Å². The number of amides is 1. The minimum absolute atomic E-state index is 0.0628. The van der Waals surface area contributed by atoms with E-state index in [-0.39, 0.29) is 29.5 Å². The molecule has 0 saturated carbocycles. The van der Waals surface area contributed by atoms with E-state index in [9.17, 15) is 14.0 Å². The number of carbonyl (C=O) groups is 2. The maximum atomic E-state index is 13.4. The lowest BCUT2D eigenvalue weighted by Gasteiger charge is -2.37. The molecular formula is C20H24FN3O3S. The average molecular weight is 405 g/mol. The van der Waals surface area contributed by atoms with Gasteiger partial charge in [-0.25, -0.2) is 9.37 Å². The van der Waals surface area contributed by atoms with Crippen LogP contribution in [0, 0.1) is 17.7 Å². The Morgan fingerprint density at radius 2 is 1.96 bits per heavy atom. The van der Waals surface area contributed by atoms with E-state index in [1.54, 1.807) is 6.07 Å². The molecule has 1 amide bonds. The van der Waals surface area contributed by atoms with Crippen LogP contribution >= 0.6 is 11.3 Å². The van der Waals surface area contributed by atoms with Gasteiger partial charge in [0.15, 0.2) is 5.13 Å². The molecule has 0 bridgehead atoms. The van der Waals surface area contributed by atoms with E-state index in [0.717, 1.165) is 34.7 Å². The predicted molar refractivity (Wildman–Crippen MR) is 106 cm³/mol. The molecule has 0 spiro atoms. The van der Waals surface area contributed by atoms with Gasteiger partial charge in [-0.05, 0) is 43.9 Å². The monoisotopic (exact) mass is 405 g/mol. The van der Waals surface area contributed by atoms with Crippen LogP contribution in [-0.4, -0.2) is 55.0 Å². The molecule has 1 atom stereocenters. The van der Waals surface area contributed by atoms with Crippen molar-refractivity contribution in [1.82, 2.24) is 9.88 Å². The fourth-order valence-corrected chi connectivity index (χ4v) is 5.16. The van der Waals surface area contributed by atoms with Crippen molar-refractivity contribution in [3.63, 3.8) is 0 Å². The fraction of sp³-hybridized carbons (Fsp3) is 0.550. The topological polar surface area (TPSA) is 62.7 Å². The highest BCUT2D eigenvalue weighted by molar-refractivity contribution is 7.22. The fourth-order valence-electron chi connectivity index (χ4n) is 4.13. The highest BCUT2D eigenvalue weighted by atomic mass is 32.1. The summed E-state index contributed by atoms with van der Waals surface area (Å²) in [5, 5.41) is 0.850. The van der Waals surface area contributed by atoms with E-state index in [1.807, 2.05) is 4.90 Å². The molecule has 0 aliphatic carbocycles. The summed E-state index contributed by atoms with van der Waals surface area (Å²) in [7, 11) is 1.41. The molecule has 8 heteroatoms. The number of hydrogen-bond acceptors (Lipinski definition) is 6. The van der Waals surface area contributed by atoms with Crippen molar-refractivity contribution in [1.29, 1.82) is 0 Å². The molecule has 0 N–H and O–H groups in total. The number of methoxy groups -OCH3 is 1. The minimum Gasteiger partial charge on any atom is -0.469 e. The number of rotatable bonds is 3. The first-order valence-corrected chi connectivity index (χ1v) is 10.5. The van der Waals surface area contributed by atoms with Gasteiger partial charge in [0, 0.05) is 26.2 Å². The van der Waals surface area contributed by atoms with E-state index in [1.165, 1.54) is 30.6 Å². The number of nitrogens with zero attached hydrogens (tertiary/aromatic N) is 3. The third-order valence-electron chi connectivity index (χ3n) is 5.72. The predicted octanol–water partition coefficient (Wildman–Crippen LogP) is 3.06. The smallest absolute Gasteiger partial charge is 0.308 e. The molecule has 1 aromatic carbocycles. The Morgan fingerprint density at radius 1 is 1.18 bits per heavy atom. The molecule has 2 saturated heterocycles. The summed E-state index contributed by atoms with van der Waals surface area (Å²) in [6.45, 7) is 2.71. The number of fused-ring (bicyclic) bond motifs is 1. The molecule has 2 aliphatic rings. The van der Waals surface area contributed by atoms with E-state index in [4.69, 9.17) is 4.74 Å². The number of benzene rings is 1. The second-order valence-corrected chi connectivity index (χ2v) is 8.53. The number of carbonyl (C=O) groups excluding carboxylic acids is 2. The maximum Gasteiger partial charge on any atom is 0.308 e. The number of esters is 1. The molecule has 4 rings (SSSR count). The standard InChI is InChI=1S/C20H24FN3O3S/c1-27-19(26)13-6-9-23(10-7-13)18(25)14-3-2-8-24(12-14)20-22-16-5-4-15(21)11-17(16)28-20/h4-5,11,13-14H,2-3,6-10,12H2,1H3. The highest BCUT2D eigenvalue weighted by Crippen LogP contribution is 2.32. The van der Waals surface area contributed by atoms with Crippen molar-refractivity contribution in [3.05, 3.63) is 24.0 Å². The Hall–Kier alpha value is -2.22. The molecule has 2 aromatic rings. The number of thiazole rings is 1. The minimum atomic E-state index is -0.259. The summed E-state index contributed by atoms with van der Waals surface area (Å²) in [6.07, 6.45) is 3.13. The number of ether oxygens (including phenoxy) is 1. The van der Waals surface area contributed by atoms with E-state index < -0.39 is 0 Å². The van der Waals surface area contributed by atoms with E-state index in [0.29, 0.717) is 32.5 Å². The summed E-state index contributed by atoms with van der Waals surface area (Å²) in [6, 6.07) is 4.63. The molecule has 2 aliphatic heterocycles. The first-order chi connectivity index (χ1) is 13.5. The van der Waals surface area contributed by atoms with Gasteiger partial charge < -0.3 is 14.5 Å². The third-order valence-corrected chi connectivity index (χ3v) is 6.80. The summed E-state index contributed by atoms with van der Waals surface area (Å²) in [4.78, 5) is 33.4. The summed E-state index contributed by atoms with van der Waals surface area (Å²) in [5.41, 5.74) is 0.791.